The van der Waals surface area contributed by atoms with Crippen LogP contribution in [-0.2, 0) is 13.0 Å². The van der Waals surface area contributed by atoms with Gasteiger partial charge in [-0.05, 0) is 36.8 Å². The van der Waals surface area contributed by atoms with Crippen molar-refractivity contribution in [2.45, 2.75) is 19.9 Å². The Morgan fingerprint density at radius 2 is 2.06 bits per heavy atom. The maximum atomic E-state index is 8.86. The Hall–Kier alpha value is -1.99. The van der Waals surface area contributed by atoms with Crippen LogP contribution >= 0.6 is 11.3 Å². The van der Waals surface area contributed by atoms with Gasteiger partial charge in [0.25, 0.3) is 0 Å². The third kappa shape index (κ3) is 2.82. The van der Waals surface area contributed by atoms with E-state index in [1.807, 2.05) is 0 Å². The van der Waals surface area contributed by atoms with Gasteiger partial charge >= 0.3 is 0 Å². The first-order chi connectivity index (χ1) is 8.72. The summed E-state index contributed by atoms with van der Waals surface area (Å²) in [6.07, 6.45) is 1.07. The second-order valence-corrected chi connectivity index (χ2v) is 5.24. The molecule has 0 aliphatic rings. The molecule has 0 aliphatic carbocycles. The topological polar surface area (TPSA) is 61.8 Å². The lowest BCUT2D eigenvalue weighted by molar-refractivity contribution is 1.19. The van der Waals surface area contributed by atoms with Gasteiger partial charge in [0.2, 0.25) is 0 Å². The molecule has 3 N–H and O–H groups in total. The lowest BCUT2D eigenvalue weighted by Gasteiger charge is -2.08. The highest BCUT2D eigenvalue weighted by molar-refractivity contribution is 7.12. The molecule has 1 aromatic heterocycles. The van der Waals surface area contributed by atoms with Crippen molar-refractivity contribution in [1.29, 1.82) is 5.26 Å². The van der Waals surface area contributed by atoms with E-state index in [-0.39, 0.29) is 0 Å². The highest BCUT2D eigenvalue weighted by atomic mass is 32.1. The molecule has 0 bridgehead atoms. The summed E-state index contributed by atoms with van der Waals surface area (Å²) in [5, 5.41) is 12.1. The summed E-state index contributed by atoms with van der Waals surface area (Å²) in [5.74, 6) is 0. The minimum absolute atomic E-state index is 0.618. The number of thiophene rings is 1. The molecule has 0 radical (unpaired) electrons. The van der Waals surface area contributed by atoms with Gasteiger partial charge in [-0.15, -0.1) is 11.3 Å². The molecule has 1 heterocycles. The minimum atomic E-state index is 0.618. The average molecular weight is 257 g/mol. The molecule has 0 amide bonds. The lowest BCUT2D eigenvalue weighted by Crippen LogP contribution is -2.01. The first-order valence-corrected chi connectivity index (χ1v) is 6.65. The molecule has 18 heavy (non-hydrogen) atoms. The Morgan fingerprint density at radius 3 is 2.72 bits per heavy atom. The van der Waals surface area contributed by atoms with Crippen molar-refractivity contribution < 1.29 is 0 Å². The molecule has 4 heteroatoms. The summed E-state index contributed by atoms with van der Waals surface area (Å²) < 4.78 is 0. The van der Waals surface area contributed by atoms with Gasteiger partial charge in [0, 0.05) is 16.3 Å². The zero-order valence-corrected chi connectivity index (χ0v) is 11.1. The normalized spacial score (nSPS) is 10.0. The fraction of sp³-hybridized carbons (Fsp3) is 0.214. The molecule has 0 aliphatic heterocycles. The van der Waals surface area contributed by atoms with Crippen molar-refractivity contribution in [2.24, 2.45) is 0 Å². The largest absolute Gasteiger partial charge is 0.397 e. The van der Waals surface area contributed by atoms with Crippen LogP contribution in [0.1, 0.15) is 22.2 Å². The third-order valence-corrected chi connectivity index (χ3v) is 3.93. The molecule has 2 rings (SSSR count). The molecule has 1 aromatic carbocycles. The Bertz CT molecular complexity index is 581. The summed E-state index contributed by atoms with van der Waals surface area (Å²) in [4.78, 5) is 2.65. The number of benzene rings is 1. The predicted molar refractivity (Wildman–Crippen MR) is 76.6 cm³/mol. The van der Waals surface area contributed by atoms with Gasteiger partial charge in [0.1, 0.15) is 0 Å². The van der Waals surface area contributed by atoms with Crippen LogP contribution in [0.25, 0.3) is 0 Å². The first-order valence-electron chi connectivity index (χ1n) is 5.84. The molecule has 0 fully saturated rings. The number of nitriles is 1. The van der Waals surface area contributed by atoms with E-state index in [9.17, 15) is 0 Å². The molecule has 0 saturated heterocycles. The van der Waals surface area contributed by atoms with Gasteiger partial charge in [-0.25, -0.2) is 0 Å². The number of hydrogen-bond donors (Lipinski definition) is 2. The first kappa shape index (κ1) is 12.5. The summed E-state index contributed by atoms with van der Waals surface area (Å²) in [6, 6.07) is 11.6. The van der Waals surface area contributed by atoms with Crippen LogP contribution in [0.5, 0.6) is 0 Å². The van der Waals surface area contributed by atoms with Crippen molar-refractivity contribution in [1.82, 2.24) is 0 Å². The van der Waals surface area contributed by atoms with Crippen molar-refractivity contribution in [3.05, 3.63) is 45.6 Å². The van der Waals surface area contributed by atoms with Gasteiger partial charge in [-0.2, -0.15) is 5.26 Å². The van der Waals surface area contributed by atoms with Gasteiger partial charge in [0.15, 0.2) is 0 Å². The number of nitrogen functional groups attached to an aromatic ring is 1. The van der Waals surface area contributed by atoms with Crippen LogP contribution in [0.2, 0.25) is 0 Å². The number of rotatable bonds is 4. The summed E-state index contributed by atoms with van der Waals surface area (Å²) in [7, 11) is 0. The Labute approximate surface area is 111 Å². The van der Waals surface area contributed by atoms with E-state index in [1.54, 1.807) is 29.5 Å². The fourth-order valence-electron chi connectivity index (χ4n) is 1.67. The molecular weight excluding hydrogens is 242 g/mol. The number of hydrogen-bond acceptors (Lipinski definition) is 4. The Kier molecular flexibility index (Phi) is 3.85. The lowest BCUT2D eigenvalue weighted by atomic mass is 10.2. The number of aryl methyl sites for hydroxylation is 1. The van der Waals surface area contributed by atoms with E-state index in [2.05, 4.69) is 30.4 Å². The molecule has 92 valence electrons. The predicted octanol–water partition coefficient (Wildman–Crippen LogP) is 3.38. The smallest absolute Gasteiger partial charge is 0.0992 e. The second-order valence-electron chi connectivity index (χ2n) is 3.99. The summed E-state index contributed by atoms with van der Waals surface area (Å²) >= 11 is 1.80. The third-order valence-electron chi connectivity index (χ3n) is 2.70. The monoisotopic (exact) mass is 257 g/mol. The van der Waals surface area contributed by atoms with E-state index in [0.29, 0.717) is 11.3 Å². The SMILES string of the molecule is CCc1ccc(CNc2cc(C#N)ccc2N)s1. The zero-order chi connectivity index (χ0) is 13.0. The quantitative estimate of drug-likeness (QED) is 0.825. The number of nitrogens with one attached hydrogen (secondary N) is 1. The zero-order valence-electron chi connectivity index (χ0n) is 10.2. The molecule has 0 atom stereocenters. The van der Waals surface area contributed by atoms with Crippen LogP contribution in [-0.4, -0.2) is 0 Å². The van der Waals surface area contributed by atoms with E-state index in [1.165, 1.54) is 9.75 Å². The van der Waals surface area contributed by atoms with E-state index in [0.717, 1.165) is 18.7 Å². The van der Waals surface area contributed by atoms with E-state index in [4.69, 9.17) is 11.0 Å². The summed E-state index contributed by atoms with van der Waals surface area (Å²) in [5.41, 5.74) is 7.98. The molecule has 2 aromatic rings. The van der Waals surface area contributed by atoms with Gasteiger partial charge in [-0.1, -0.05) is 6.92 Å². The van der Waals surface area contributed by atoms with Crippen molar-refractivity contribution >= 4 is 22.7 Å². The Morgan fingerprint density at radius 1 is 1.28 bits per heavy atom. The molecule has 3 nitrogen and oxygen atoms in total. The standard InChI is InChI=1S/C14H15N3S/c1-2-11-4-5-12(18-11)9-17-14-7-10(8-15)3-6-13(14)16/h3-7,17H,2,9,16H2,1H3. The van der Waals surface area contributed by atoms with Crippen LogP contribution in [0, 0.1) is 11.3 Å². The van der Waals surface area contributed by atoms with E-state index < -0.39 is 0 Å². The summed E-state index contributed by atoms with van der Waals surface area (Å²) in [6.45, 7) is 2.89. The average Bonchev–Trinajstić information content (AvgIpc) is 2.86. The van der Waals surface area contributed by atoms with Crippen molar-refractivity contribution in [2.75, 3.05) is 11.1 Å². The Balaban J connectivity index is 2.08. The highest BCUT2D eigenvalue weighted by Crippen LogP contribution is 2.22. The van der Waals surface area contributed by atoms with Crippen LogP contribution in [0.3, 0.4) is 0 Å². The number of nitrogens with zero attached hydrogens (tertiary/aromatic N) is 1. The molecule has 0 unspecified atom stereocenters. The van der Waals surface area contributed by atoms with Crippen LogP contribution < -0.4 is 11.1 Å². The van der Waals surface area contributed by atoms with Gasteiger partial charge in [0.05, 0.1) is 23.0 Å². The fourth-order valence-corrected chi connectivity index (χ4v) is 2.57. The molecular formula is C14H15N3S. The highest BCUT2D eigenvalue weighted by Gasteiger charge is 2.02. The number of nitrogens with two attached hydrogens (primary N) is 1. The van der Waals surface area contributed by atoms with Crippen LogP contribution in [0.4, 0.5) is 11.4 Å². The van der Waals surface area contributed by atoms with Gasteiger partial charge < -0.3 is 11.1 Å². The van der Waals surface area contributed by atoms with Crippen LogP contribution in [0.15, 0.2) is 30.3 Å². The van der Waals surface area contributed by atoms with E-state index >= 15 is 0 Å². The second kappa shape index (κ2) is 5.56. The minimum Gasteiger partial charge on any atom is -0.397 e. The molecule has 0 spiro atoms. The molecule has 0 saturated carbocycles. The van der Waals surface area contributed by atoms with Crippen molar-refractivity contribution in [3.63, 3.8) is 0 Å². The number of anilines is 2. The van der Waals surface area contributed by atoms with Gasteiger partial charge in [-0.3, -0.25) is 0 Å². The maximum Gasteiger partial charge on any atom is 0.0992 e. The van der Waals surface area contributed by atoms with Crippen molar-refractivity contribution in [3.8, 4) is 6.07 Å². The maximum absolute atomic E-state index is 8.86.